The lowest BCUT2D eigenvalue weighted by molar-refractivity contribution is 0.160. The summed E-state index contributed by atoms with van der Waals surface area (Å²) in [5, 5.41) is 13.9. The number of methoxy groups -OCH3 is 1. The highest BCUT2D eigenvalue weighted by molar-refractivity contribution is 6.42. The fourth-order valence-electron chi connectivity index (χ4n) is 3.87. The lowest BCUT2D eigenvalue weighted by Gasteiger charge is -2.36. The predicted octanol–water partition coefficient (Wildman–Crippen LogP) is 4.53. The van der Waals surface area contributed by atoms with Gasteiger partial charge in [-0.05, 0) is 29.8 Å². The number of carbonyl (C=O) groups is 1. The summed E-state index contributed by atoms with van der Waals surface area (Å²) in [4.78, 5) is 20.7. The van der Waals surface area contributed by atoms with Crippen LogP contribution in [0.1, 0.15) is 17.6 Å². The van der Waals surface area contributed by atoms with E-state index in [1.165, 1.54) is 0 Å². The van der Waals surface area contributed by atoms with E-state index in [-0.39, 0.29) is 12.6 Å². The number of aliphatic hydroxyl groups excluding tert-OH is 1. The first-order valence-electron chi connectivity index (χ1n) is 10.9. The number of hydrogen-bond acceptors (Lipinski definition) is 6. The number of nitrogens with zero attached hydrogens (tertiary/aromatic N) is 3. The molecule has 0 bridgehead atoms. The summed E-state index contributed by atoms with van der Waals surface area (Å²) < 4.78 is 11.2. The van der Waals surface area contributed by atoms with Crippen molar-refractivity contribution in [2.75, 3.05) is 44.7 Å². The molecule has 2 N–H and O–H groups in total. The van der Waals surface area contributed by atoms with Crippen LogP contribution in [0.15, 0.2) is 47.0 Å². The third-order valence-electron chi connectivity index (χ3n) is 5.78. The Bertz CT molecular complexity index is 1160. The van der Waals surface area contributed by atoms with Crippen molar-refractivity contribution in [1.82, 2.24) is 15.2 Å². The van der Waals surface area contributed by atoms with Crippen LogP contribution in [0.25, 0.3) is 11.3 Å². The molecule has 1 unspecified atom stereocenters. The molecule has 1 aromatic heterocycles. The second kappa shape index (κ2) is 10.5. The molecule has 1 atom stereocenters. The maximum Gasteiger partial charge on any atom is 0.317 e. The smallest absolute Gasteiger partial charge is 0.317 e. The number of benzene rings is 2. The number of piperazine rings is 1. The van der Waals surface area contributed by atoms with Gasteiger partial charge < -0.3 is 29.4 Å². The number of hydrogen-bond donors (Lipinski definition) is 2. The van der Waals surface area contributed by atoms with Gasteiger partial charge in [0.05, 0.1) is 35.0 Å². The average molecular weight is 505 g/mol. The van der Waals surface area contributed by atoms with Crippen molar-refractivity contribution in [3.05, 3.63) is 64.1 Å². The van der Waals surface area contributed by atoms with Gasteiger partial charge in [-0.3, -0.25) is 0 Å². The quantitative estimate of drug-likeness (QED) is 0.512. The maximum absolute atomic E-state index is 12.6. The molecule has 1 saturated heterocycles. The highest BCUT2D eigenvalue weighted by Gasteiger charge is 2.23. The van der Waals surface area contributed by atoms with Crippen LogP contribution in [0.4, 0.5) is 10.5 Å². The van der Waals surface area contributed by atoms with Crippen molar-refractivity contribution in [2.24, 2.45) is 0 Å². The van der Waals surface area contributed by atoms with Crippen LogP contribution >= 0.6 is 23.2 Å². The van der Waals surface area contributed by atoms with Crippen molar-refractivity contribution < 1.29 is 19.1 Å². The van der Waals surface area contributed by atoms with Gasteiger partial charge >= 0.3 is 6.03 Å². The molecule has 2 amide bonds. The highest BCUT2D eigenvalue weighted by Crippen LogP contribution is 2.34. The van der Waals surface area contributed by atoms with Gasteiger partial charge in [-0.15, -0.1) is 0 Å². The Kier molecular flexibility index (Phi) is 7.50. The molecule has 0 saturated carbocycles. The number of aromatic nitrogens is 1. The molecule has 1 aliphatic rings. The third kappa shape index (κ3) is 5.41. The molecule has 1 aliphatic heterocycles. The van der Waals surface area contributed by atoms with Crippen molar-refractivity contribution >= 4 is 34.9 Å². The van der Waals surface area contributed by atoms with E-state index in [4.69, 9.17) is 32.4 Å². The molecule has 10 heteroatoms. The molecule has 0 aliphatic carbocycles. The number of aryl methyl sites for hydroxylation is 1. The Hall–Kier alpha value is -2.94. The molecule has 2 aromatic carbocycles. The number of aliphatic hydroxyl groups is 1. The van der Waals surface area contributed by atoms with Crippen LogP contribution in [0.5, 0.6) is 5.75 Å². The summed E-state index contributed by atoms with van der Waals surface area (Å²) >= 11 is 11.9. The summed E-state index contributed by atoms with van der Waals surface area (Å²) in [6, 6.07) is 10.6. The van der Waals surface area contributed by atoms with Crippen LogP contribution in [0.2, 0.25) is 10.0 Å². The number of rotatable bonds is 6. The first-order valence-corrected chi connectivity index (χ1v) is 11.6. The molecule has 8 nitrogen and oxygen atoms in total. The van der Waals surface area contributed by atoms with Crippen LogP contribution < -0.4 is 15.0 Å². The topological polar surface area (TPSA) is 91.1 Å². The van der Waals surface area contributed by atoms with Gasteiger partial charge in [0.25, 0.3) is 0 Å². The maximum atomic E-state index is 12.6. The number of oxazole rings is 1. The zero-order chi connectivity index (χ0) is 24.2. The molecule has 4 rings (SSSR count). The fraction of sp³-hybridized carbons (Fsp3) is 0.333. The summed E-state index contributed by atoms with van der Waals surface area (Å²) in [5.74, 6) is 1.95. The number of carbonyl (C=O) groups excluding carboxylic acids is 1. The van der Waals surface area contributed by atoms with E-state index in [9.17, 15) is 9.90 Å². The average Bonchev–Trinajstić information content (AvgIpc) is 3.29. The van der Waals surface area contributed by atoms with Crippen molar-refractivity contribution in [3.63, 3.8) is 0 Å². The third-order valence-corrected chi connectivity index (χ3v) is 6.52. The molecule has 34 heavy (non-hydrogen) atoms. The zero-order valence-electron chi connectivity index (χ0n) is 18.9. The van der Waals surface area contributed by atoms with E-state index in [1.807, 2.05) is 18.2 Å². The van der Waals surface area contributed by atoms with E-state index in [2.05, 4.69) is 15.2 Å². The number of amides is 2. The van der Waals surface area contributed by atoms with Gasteiger partial charge in [0.1, 0.15) is 5.75 Å². The Labute approximate surface area is 208 Å². The number of ether oxygens (including phenoxy) is 1. The van der Waals surface area contributed by atoms with E-state index in [0.717, 1.165) is 11.3 Å². The molecule has 0 spiro atoms. The van der Waals surface area contributed by atoms with Gasteiger partial charge in [-0.2, -0.15) is 0 Å². The van der Waals surface area contributed by atoms with Crippen LogP contribution in [0, 0.1) is 6.92 Å². The van der Waals surface area contributed by atoms with Crippen LogP contribution in [-0.4, -0.2) is 60.9 Å². The highest BCUT2D eigenvalue weighted by atomic mass is 35.5. The summed E-state index contributed by atoms with van der Waals surface area (Å²) in [5.41, 5.74) is 2.44. The lowest BCUT2D eigenvalue weighted by Crippen LogP contribution is -2.52. The summed E-state index contributed by atoms with van der Waals surface area (Å²) in [6.07, 6.45) is 0.807. The molecular formula is C24H26Cl2N4O4. The zero-order valence-corrected chi connectivity index (χ0v) is 20.4. The minimum atomic E-state index is -0.876. The van der Waals surface area contributed by atoms with Gasteiger partial charge in [-0.25, -0.2) is 9.78 Å². The van der Waals surface area contributed by atoms with Crippen LogP contribution in [-0.2, 0) is 0 Å². The predicted molar refractivity (Wildman–Crippen MR) is 132 cm³/mol. The molecular weight excluding hydrogens is 479 g/mol. The standard InChI is InChI=1S/C24H26Cl2N4O4/c1-15-27-14-23(34-15)18-5-4-17(12-22(18)33-2)29-7-9-30(10-8-29)24(32)28-13-21(31)16-3-6-19(25)20(26)11-16/h3-6,11-12,14,21,31H,7-10,13H2,1-2H3,(H,28,32). The molecule has 1 fully saturated rings. The second-order valence-electron chi connectivity index (χ2n) is 7.98. The second-order valence-corrected chi connectivity index (χ2v) is 8.79. The van der Waals surface area contributed by atoms with Gasteiger partial charge in [0.2, 0.25) is 0 Å². The van der Waals surface area contributed by atoms with Crippen molar-refractivity contribution in [1.29, 1.82) is 0 Å². The normalized spacial score (nSPS) is 14.7. The summed E-state index contributed by atoms with van der Waals surface area (Å²) in [6.45, 7) is 4.34. The monoisotopic (exact) mass is 504 g/mol. The first-order chi connectivity index (χ1) is 16.4. The van der Waals surface area contributed by atoms with E-state index < -0.39 is 6.10 Å². The Morgan fingerprint density at radius 1 is 1.18 bits per heavy atom. The first kappa shape index (κ1) is 24.2. The van der Waals surface area contributed by atoms with Crippen molar-refractivity contribution in [3.8, 4) is 17.1 Å². The molecule has 3 aromatic rings. The number of halogens is 2. The van der Waals surface area contributed by atoms with Crippen molar-refractivity contribution in [2.45, 2.75) is 13.0 Å². The van der Waals surface area contributed by atoms with E-state index >= 15 is 0 Å². The minimum Gasteiger partial charge on any atom is -0.496 e. The fourth-order valence-corrected chi connectivity index (χ4v) is 4.17. The van der Waals surface area contributed by atoms with Gasteiger partial charge in [0, 0.05) is 51.4 Å². The lowest BCUT2D eigenvalue weighted by atomic mass is 10.1. The van der Waals surface area contributed by atoms with E-state index in [0.29, 0.717) is 59.2 Å². The SMILES string of the molecule is COc1cc(N2CCN(C(=O)NCC(O)c3ccc(Cl)c(Cl)c3)CC2)ccc1-c1cnc(C)o1. The Balaban J connectivity index is 1.32. The minimum absolute atomic E-state index is 0.0801. The number of nitrogens with one attached hydrogen (secondary N) is 1. The Morgan fingerprint density at radius 3 is 2.59 bits per heavy atom. The molecule has 0 radical (unpaired) electrons. The van der Waals surface area contributed by atoms with E-state index in [1.54, 1.807) is 43.3 Å². The van der Waals surface area contributed by atoms with Gasteiger partial charge in [-0.1, -0.05) is 29.3 Å². The molecule has 2 heterocycles. The van der Waals surface area contributed by atoms with Gasteiger partial charge in [0.15, 0.2) is 11.7 Å². The largest absolute Gasteiger partial charge is 0.496 e. The summed E-state index contributed by atoms with van der Waals surface area (Å²) in [7, 11) is 1.63. The molecule has 180 valence electrons. The number of anilines is 1. The Morgan fingerprint density at radius 2 is 1.94 bits per heavy atom. The number of urea groups is 1. The van der Waals surface area contributed by atoms with Crippen LogP contribution in [0.3, 0.4) is 0 Å².